The third-order valence-electron chi connectivity index (χ3n) is 3.23. The van der Waals surface area contributed by atoms with E-state index in [1.54, 1.807) is 11.3 Å². The molecule has 2 aromatic rings. The molecule has 20 heavy (non-hydrogen) atoms. The first kappa shape index (κ1) is 16.0. The fourth-order valence-corrected chi connectivity index (χ4v) is 3.59. The summed E-state index contributed by atoms with van der Waals surface area (Å²) in [6.45, 7) is 2.15. The molecule has 0 unspecified atom stereocenters. The molecule has 2 nitrogen and oxygen atoms in total. The number of aromatic nitrogens is 1. The Morgan fingerprint density at radius 2 is 1.60 bits per heavy atom. The van der Waals surface area contributed by atoms with E-state index in [0.29, 0.717) is 0 Å². The van der Waals surface area contributed by atoms with Crippen LogP contribution in [0.4, 0.5) is 5.13 Å². The number of unbranched alkanes of at least 4 members (excludes halogenated alkanes) is 2. The van der Waals surface area contributed by atoms with Gasteiger partial charge in [-0.15, -0.1) is 0 Å². The topological polar surface area (TPSA) is 16.1 Å². The van der Waals surface area contributed by atoms with Crippen LogP contribution in [0.3, 0.4) is 0 Å². The van der Waals surface area contributed by atoms with Crippen LogP contribution in [0.2, 0.25) is 0 Å². The molecule has 1 heterocycles. The number of hydrogen-bond donors (Lipinski definition) is 2. The summed E-state index contributed by atoms with van der Waals surface area (Å²) in [6, 6.07) is 8.37. The van der Waals surface area contributed by atoms with Crippen molar-refractivity contribution < 1.29 is 0 Å². The fourth-order valence-electron chi connectivity index (χ4n) is 2.13. The lowest BCUT2D eigenvalue weighted by Crippen LogP contribution is -2.25. The molecule has 0 aliphatic carbocycles. The molecule has 1 aromatic heterocycles. The van der Waals surface area contributed by atoms with Crippen LogP contribution in [0.25, 0.3) is 10.2 Å². The van der Waals surface area contributed by atoms with Gasteiger partial charge in [-0.3, -0.25) is 0 Å². The molecule has 0 saturated heterocycles. The summed E-state index contributed by atoms with van der Waals surface area (Å²) in [7, 11) is 0. The molecular formula is C15H22N2S3. The number of anilines is 1. The van der Waals surface area contributed by atoms with Crippen molar-refractivity contribution in [3.63, 3.8) is 0 Å². The number of rotatable bonds is 9. The Hall–Kier alpha value is -0.390. The lowest BCUT2D eigenvalue weighted by molar-refractivity contribution is 0.682. The summed E-state index contributed by atoms with van der Waals surface area (Å²) in [4.78, 5) is 7.20. The van der Waals surface area contributed by atoms with E-state index in [1.165, 1.54) is 17.5 Å². The highest BCUT2D eigenvalue weighted by Gasteiger charge is 2.11. The van der Waals surface area contributed by atoms with Crippen molar-refractivity contribution in [3.8, 4) is 0 Å². The normalized spacial score (nSPS) is 11.1. The monoisotopic (exact) mass is 326 g/mol. The van der Waals surface area contributed by atoms with Crippen molar-refractivity contribution in [2.75, 3.05) is 29.5 Å². The van der Waals surface area contributed by atoms with Crippen molar-refractivity contribution in [2.45, 2.75) is 25.7 Å². The number of thiazole rings is 1. The van der Waals surface area contributed by atoms with E-state index in [9.17, 15) is 0 Å². The van der Waals surface area contributed by atoms with E-state index in [0.717, 1.165) is 48.1 Å². The van der Waals surface area contributed by atoms with Crippen molar-refractivity contribution in [2.24, 2.45) is 0 Å². The molecule has 5 heteroatoms. The van der Waals surface area contributed by atoms with E-state index in [1.807, 2.05) is 0 Å². The molecule has 0 aliphatic heterocycles. The SMILES string of the molecule is SCCCCN(CCCCS)c1nc2ccccc2s1. The minimum atomic E-state index is 0.963. The van der Waals surface area contributed by atoms with Gasteiger partial charge in [0.25, 0.3) is 0 Å². The lowest BCUT2D eigenvalue weighted by atomic mass is 10.3. The van der Waals surface area contributed by atoms with Gasteiger partial charge in [-0.05, 0) is 49.3 Å². The number of para-hydroxylation sites is 1. The average Bonchev–Trinajstić information content (AvgIpc) is 2.89. The number of benzene rings is 1. The molecule has 0 saturated carbocycles. The molecule has 0 atom stereocenters. The van der Waals surface area contributed by atoms with Gasteiger partial charge in [0, 0.05) is 13.1 Å². The quantitative estimate of drug-likeness (QED) is 0.520. The van der Waals surface area contributed by atoms with Crippen LogP contribution in [0.15, 0.2) is 24.3 Å². The maximum atomic E-state index is 4.78. The highest BCUT2D eigenvalue weighted by molar-refractivity contribution is 7.80. The molecule has 0 amide bonds. The third-order valence-corrected chi connectivity index (χ3v) is 4.96. The molecule has 1 aromatic carbocycles. The highest BCUT2D eigenvalue weighted by Crippen LogP contribution is 2.29. The first-order chi connectivity index (χ1) is 9.85. The average molecular weight is 327 g/mol. The fraction of sp³-hybridized carbons (Fsp3) is 0.533. The summed E-state index contributed by atoms with van der Waals surface area (Å²) in [5, 5.41) is 1.16. The first-order valence-corrected chi connectivity index (χ1v) is 9.25. The smallest absolute Gasteiger partial charge is 0.186 e. The highest BCUT2D eigenvalue weighted by atomic mass is 32.1. The molecule has 0 fully saturated rings. The van der Waals surface area contributed by atoms with Crippen molar-refractivity contribution in [3.05, 3.63) is 24.3 Å². The lowest BCUT2D eigenvalue weighted by Gasteiger charge is -2.21. The minimum Gasteiger partial charge on any atom is -0.348 e. The van der Waals surface area contributed by atoms with Crippen molar-refractivity contribution in [1.82, 2.24) is 4.98 Å². The van der Waals surface area contributed by atoms with E-state index < -0.39 is 0 Å². The molecule has 0 N–H and O–H groups in total. The van der Waals surface area contributed by atoms with E-state index in [4.69, 9.17) is 4.98 Å². The Balaban J connectivity index is 2.06. The number of thiol groups is 2. The molecule has 0 bridgehead atoms. The van der Waals surface area contributed by atoms with Gasteiger partial charge in [0.2, 0.25) is 0 Å². The van der Waals surface area contributed by atoms with Gasteiger partial charge >= 0.3 is 0 Å². The third kappa shape index (κ3) is 4.57. The van der Waals surface area contributed by atoms with Crippen LogP contribution in [0.1, 0.15) is 25.7 Å². The summed E-state index contributed by atoms with van der Waals surface area (Å²) in [6.07, 6.45) is 4.69. The Morgan fingerprint density at radius 3 is 2.20 bits per heavy atom. The molecule has 0 radical (unpaired) electrons. The second-order valence-corrected chi connectivity index (χ2v) is 6.72. The standard InChI is InChI=1S/C15H22N2S3/c18-11-5-3-9-17(10-4-6-12-19)15-16-13-7-1-2-8-14(13)20-15/h1-2,7-8,18-19H,3-6,9-12H2. The van der Waals surface area contributed by atoms with Crippen molar-refractivity contribution in [1.29, 1.82) is 0 Å². The predicted octanol–water partition coefficient (Wildman–Crippen LogP) is 4.52. The molecular weight excluding hydrogens is 304 g/mol. The predicted molar refractivity (Wildman–Crippen MR) is 98.0 cm³/mol. The van der Waals surface area contributed by atoms with E-state index in [-0.39, 0.29) is 0 Å². The zero-order valence-electron chi connectivity index (χ0n) is 11.7. The number of nitrogens with zero attached hydrogens (tertiary/aromatic N) is 2. The van der Waals surface area contributed by atoms with Gasteiger partial charge in [-0.1, -0.05) is 23.5 Å². The zero-order chi connectivity index (χ0) is 14.2. The number of hydrogen-bond acceptors (Lipinski definition) is 5. The summed E-state index contributed by atoms with van der Waals surface area (Å²) < 4.78 is 1.27. The Bertz CT molecular complexity index is 470. The van der Waals surface area contributed by atoms with E-state index >= 15 is 0 Å². The van der Waals surface area contributed by atoms with Gasteiger partial charge in [0.1, 0.15) is 0 Å². The van der Waals surface area contributed by atoms with E-state index in [2.05, 4.69) is 54.4 Å². The van der Waals surface area contributed by atoms with Gasteiger partial charge in [-0.25, -0.2) is 4.98 Å². The maximum Gasteiger partial charge on any atom is 0.186 e. The molecule has 0 spiro atoms. The van der Waals surface area contributed by atoms with Crippen LogP contribution >= 0.6 is 36.6 Å². The molecule has 0 aliphatic rings. The second kappa shape index (κ2) is 8.80. The largest absolute Gasteiger partial charge is 0.348 e. The van der Waals surface area contributed by atoms with Gasteiger partial charge < -0.3 is 4.90 Å². The Morgan fingerprint density at radius 1 is 0.950 bits per heavy atom. The van der Waals surface area contributed by atoms with Gasteiger partial charge in [-0.2, -0.15) is 25.3 Å². The van der Waals surface area contributed by atoms with Crippen LogP contribution in [0.5, 0.6) is 0 Å². The van der Waals surface area contributed by atoms with Gasteiger partial charge in [0.15, 0.2) is 5.13 Å². The van der Waals surface area contributed by atoms with Crippen LogP contribution in [0, 0.1) is 0 Å². The molecule has 2 rings (SSSR count). The Labute approximate surface area is 136 Å². The molecule has 110 valence electrons. The summed E-state index contributed by atoms with van der Waals surface area (Å²) >= 11 is 10.4. The first-order valence-electron chi connectivity index (χ1n) is 7.17. The van der Waals surface area contributed by atoms with Crippen molar-refractivity contribution >= 4 is 51.9 Å². The summed E-state index contributed by atoms with van der Waals surface area (Å²) in [5.41, 5.74) is 1.11. The minimum absolute atomic E-state index is 0.963. The number of fused-ring (bicyclic) bond motifs is 1. The van der Waals surface area contributed by atoms with Crippen LogP contribution in [-0.4, -0.2) is 29.6 Å². The van der Waals surface area contributed by atoms with Gasteiger partial charge in [0.05, 0.1) is 10.2 Å². The summed E-state index contributed by atoms with van der Waals surface area (Å²) in [5.74, 6) is 1.93. The van der Waals surface area contributed by atoms with Crippen LogP contribution < -0.4 is 4.90 Å². The maximum absolute atomic E-state index is 4.78. The zero-order valence-corrected chi connectivity index (χ0v) is 14.3. The van der Waals surface area contributed by atoms with Crippen LogP contribution in [-0.2, 0) is 0 Å². The Kier molecular flexibility index (Phi) is 7.03. The second-order valence-electron chi connectivity index (χ2n) is 4.81.